The molecule has 0 bridgehead atoms. The number of halogens is 1. The summed E-state index contributed by atoms with van der Waals surface area (Å²) in [5, 5.41) is 13.2. The molecule has 1 fully saturated rings. The van der Waals surface area contributed by atoms with Crippen LogP contribution in [0.25, 0.3) is 0 Å². The Morgan fingerprint density at radius 1 is 1.48 bits per heavy atom. The van der Waals surface area contributed by atoms with Crippen molar-refractivity contribution in [1.82, 2.24) is 5.32 Å². The summed E-state index contributed by atoms with van der Waals surface area (Å²) in [4.78, 5) is 12.4. The molecule has 3 rings (SSSR count). The molecule has 0 radical (unpaired) electrons. The number of carbonyl (C=O) groups is 1. The van der Waals surface area contributed by atoms with Gasteiger partial charge in [0, 0.05) is 12.0 Å². The molecule has 5 heteroatoms. The Kier molecular flexibility index (Phi) is 4.57. The van der Waals surface area contributed by atoms with Gasteiger partial charge in [0.25, 0.3) is 0 Å². The quantitative estimate of drug-likeness (QED) is 0.899. The van der Waals surface area contributed by atoms with Crippen molar-refractivity contribution in [1.29, 1.82) is 0 Å². The highest BCUT2D eigenvalue weighted by Gasteiger charge is 2.36. The molecular weight excluding hydrogens is 297 g/mol. The zero-order valence-electron chi connectivity index (χ0n) is 13.5. The summed E-state index contributed by atoms with van der Waals surface area (Å²) in [6.45, 7) is 2.81. The van der Waals surface area contributed by atoms with Crippen LogP contribution >= 0.6 is 0 Å². The highest BCUT2D eigenvalue weighted by molar-refractivity contribution is 5.79. The van der Waals surface area contributed by atoms with Gasteiger partial charge < -0.3 is 15.2 Å². The Hall–Kier alpha value is -1.62. The highest BCUT2D eigenvalue weighted by atomic mass is 19.1. The molecule has 0 saturated heterocycles. The Labute approximate surface area is 136 Å². The lowest BCUT2D eigenvalue weighted by Gasteiger charge is -2.39. The van der Waals surface area contributed by atoms with E-state index >= 15 is 0 Å². The minimum Gasteiger partial charge on any atom is -0.492 e. The Balaban J connectivity index is 1.59. The number of hydrogen-bond donors (Lipinski definition) is 2. The maximum Gasteiger partial charge on any atom is 0.226 e. The van der Waals surface area contributed by atoms with Crippen molar-refractivity contribution < 1.29 is 19.0 Å². The maximum absolute atomic E-state index is 13.3. The summed E-state index contributed by atoms with van der Waals surface area (Å²) in [5.41, 5.74) is 0.480. The van der Waals surface area contributed by atoms with E-state index < -0.39 is 0 Å². The first kappa shape index (κ1) is 16.2. The van der Waals surface area contributed by atoms with Crippen LogP contribution in [-0.2, 0) is 11.2 Å². The number of amides is 1. The zero-order chi connectivity index (χ0) is 16.4. The molecule has 3 unspecified atom stereocenters. The van der Waals surface area contributed by atoms with Crippen molar-refractivity contribution >= 4 is 5.91 Å². The molecule has 1 amide bonds. The summed E-state index contributed by atoms with van der Waals surface area (Å²) in [6.07, 6.45) is 3.97. The molecule has 1 aromatic rings. The third-order valence-electron chi connectivity index (χ3n) is 5.25. The van der Waals surface area contributed by atoms with E-state index in [1.807, 2.05) is 6.92 Å². The lowest BCUT2D eigenvalue weighted by molar-refractivity contribution is -0.127. The number of benzene rings is 1. The van der Waals surface area contributed by atoms with Crippen molar-refractivity contribution in [3.8, 4) is 5.75 Å². The highest BCUT2D eigenvalue weighted by Crippen LogP contribution is 2.35. The first-order valence-electron chi connectivity index (χ1n) is 8.35. The fourth-order valence-electron chi connectivity index (χ4n) is 3.55. The van der Waals surface area contributed by atoms with Gasteiger partial charge in [0.15, 0.2) is 0 Å². The first-order chi connectivity index (χ1) is 11.0. The van der Waals surface area contributed by atoms with Crippen molar-refractivity contribution in [2.24, 2.45) is 11.3 Å². The van der Waals surface area contributed by atoms with Gasteiger partial charge in [0.1, 0.15) is 18.2 Å². The number of rotatable bonds is 3. The van der Waals surface area contributed by atoms with Crippen molar-refractivity contribution in [3.05, 3.63) is 29.6 Å². The summed E-state index contributed by atoms with van der Waals surface area (Å²) in [7, 11) is 0. The van der Waals surface area contributed by atoms with Gasteiger partial charge in [0.2, 0.25) is 5.91 Å². The number of fused-ring (bicyclic) bond motifs is 1. The van der Waals surface area contributed by atoms with Crippen molar-refractivity contribution in [2.45, 2.75) is 45.1 Å². The van der Waals surface area contributed by atoms with Crippen LogP contribution in [0.3, 0.4) is 0 Å². The third-order valence-corrected chi connectivity index (χ3v) is 5.25. The topological polar surface area (TPSA) is 58.6 Å². The second-order valence-electron chi connectivity index (χ2n) is 7.10. The van der Waals surface area contributed by atoms with Crippen LogP contribution in [0.1, 0.15) is 38.2 Å². The van der Waals surface area contributed by atoms with Gasteiger partial charge in [-0.2, -0.15) is 0 Å². The van der Waals surface area contributed by atoms with E-state index in [1.165, 1.54) is 12.1 Å². The van der Waals surface area contributed by atoms with Gasteiger partial charge in [-0.05, 0) is 43.0 Å². The van der Waals surface area contributed by atoms with Crippen LogP contribution in [0.4, 0.5) is 4.39 Å². The molecule has 1 aliphatic heterocycles. The summed E-state index contributed by atoms with van der Waals surface area (Å²) < 4.78 is 18.9. The summed E-state index contributed by atoms with van der Waals surface area (Å²) >= 11 is 0. The van der Waals surface area contributed by atoms with Crippen LogP contribution in [0.2, 0.25) is 0 Å². The van der Waals surface area contributed by atoms with Crippen LogP contribution in [0.15, 0.2) is 18.2 Å². The van der Waals surface area contributed by atoms with Gasteiger partial charge in [-0.1, -0.05) is 19.8 Å². The number of ether oxygens (including phenoxy) is 1. The average molecular weight is 321 g/mol. The molecule has 4 nitrogen and oxygen atoms in total. The number of aliphatic hydroxyl groups is 1. The van der Waals surface area contributed by atoms with E-state index in [4.69, 9.17) is 4.74 Å². The second-order valence-corrected chi connectivity index (χ2v) is 7.10. The first-order valence-corrected chi connectivity index (χ1v) is 8.35. The van der Waals surface area contributed by atoms with E-state index in [2.05, 4.69) is 5.32 Å². The minimum absolute atomic E-state index is 0.0843. The molecule has 2 aliphatic rings. The Morgan fingerprint density at radius 3 is 3.09 bits per heavy atom. The fraction of sp³-hybridized carbons (Fsp3) is 0.611. The maximum atomic E-state index is 13.3. The average Bonchev–Trinajstić information content (AvgIpc) is 2.55. The molecule has 1 aromatic carbocycles. The van der Waals surface area contributed by atoms with E-state index in [0.717, 1.165) is 31.2 Å². The van der Waals surface area contributed by atoms with E-state index in [9.17, 15) is 14.3 Å². The zero-order valence-corrected chi connectivity index (χ0v) is 13.5. The predicted molar refractivity (Wildman–Crippen MR) is 84.7 cm³/mol. The van der Waals surface area contributed by atoms with Crippen molar-refractivity contribution in [2.75, 3.05) is 13.2 Å². The van der Waals surface area contributed by atoms with Crippen LogP contribution in [0, 0.1) is 17.2 Å². The number of aliphatic hydroxyl groups excluding tert-OH is 1. The largest absolute Gasteiger partial charge is 0.492 e. The Morgan fingerprint density at radius 2 is 2.30 bits per heavy atom. The van der Waals surface area contributed by atoms with Crippen LogP contribution < -0.4 is 10.1 Å². The third kappa shape index (κ3) is 3.50. The normalized spacial score (nSPS) is 30.2. The lowest BCUT2D eigenvalue weighted by Crippen LogP contribution is -2.47. The minimum atomic E-state index is -0.367. The summed E-state index contributed by atoms with van der Waals surface area (Å²) in [6, 6.07) is 4.41. The van der Waals surface area contributed by atoms with Gasteiger partial charge >= 0.3 is 0 Å². The smallest absolute Gasteiger partial charge is 0.226 e. The number of carbonyl (C=O) groups excluding carboxylic acids is 1. The van der Waals surface area contributed by atoms with Crippen LogP contribution in [-0.4, -0.2) is 30.3 Å². The molecule has 1 saturated carbocycles. The molecule has 23 heavy (non-hydrogen) atoms. The van der Waals surface area contributed by atoms with Gasteiger partial charge in [-0.3, -0.25) is 4.79 Å². The molecule has 3 atom stereocenters. The molecule has 2 N–H and O–H groups in total. The molecule has 0 spiro atoms. The molecule has 0 aromatic heterocycles. The molecular formula is C18H24FNO3. The molecule has 1 aliphatic carbocycles. The van der Waals surface area contributed by atoms with Gasteiger partial charge in [-0.25, -0.2) is 4.39 Å². The lowest BCUT2D eigenvalue weighted by atomic mass is 9.73. The summed E-state index contributed by atoms with van der Waals surface area (Å²) in [5.74, 6) is -0.0519. The van der Waals surface area contributed by atoms with Gasteiger partial charge in [-0.15, -0.1) is 0 Å². The number of nitrogens with one attached hydrogen (secondary N) is 1. The fourth-order valence-corrected chi connectivity index (χ4v) is 3.55. The monoisotopic (exact) mass is 321 g/mol. The van der Waals surface area contributed by atoms with Crippen LogP contribution in [0.5, 0.6) is 5.75 Å². The second kappa shape index (κ2) is 6.48. The van der Waals surface area contributed by atoms with E-state index in [-0.39, 0.29) is 29.2 Å². The number of hydrogen-bond acceptors (Lipinski definition) is 3. The predicted octanol–water partition coefficient (Wildman–Crippen LogP) is 2.43. The van der Waals surface area contributed by atoms with E-state index in [1.54, 1.807) is 6.07 Å². The Bertz CT molecular complexity index is 592. The molecule has 1 heterocycles. The van der Waals surface area contributed by atoms with Gasteiger partial charge in [0.05, 0.1) is 12.0 Å². The molecule has 126 valence electrons. The SMILES string of the molecule is CC1(CNC(=O)C2COc3ccc(F)cc3C2)CCCCC1O. The van der Waals surface area contributed by atoms with E-state index in [0.29, 0.717) is 25.3 Å². The van der Waals surface area contributed by atoms with Crippen molar-refractivity contribution in [3.63, 3.8) is 0 Å². The standard InChI is InChI=1S/C18H24FNO3/c1-18(7-3-2-4-16(18)21)11-20-17(22)13-8-12-9-14(19)5-6-15(12)23-10-13/h5-6,9,13,16,21H,2-4,7-8,10-11H2,1H3,(H,20,22).